The lowest BCUT2D eigenvalue weighted by atomic mass is 9.75. The number of carbonyl (C=O) groups is 1. The topological polar surface area (TPSA) is 106 Å². The molecule has 0 spiro atoms. The van der Waals surface area contributed by atoms with Gasteiger partial charge in [0, 0.05) is 17.8 Å². The summed E-state index contributed by atoms with van der Waals surface area (Å²) < 4.78 is 0. The van der Waals surface area contributed by atoms with Crippen LogP contribution in [0.4, 0.5) is 11.4 Å². The number of rotatable bonds is 5. The minimum absolute atomic E-state index is 0.147. The largest absolute Gasteiger partial charge is 0.481 e. The summed E-state index contributed by atoms with van der Waals surface area (Å²) in [4.78, 5) is 21.7. The Labute approximate surface area is 105 Å². The van der Waals surface area contributed by atoms with Crippen LogP contribution in [0.2, 0.25) is 0 Å². The predicted molar refractivity (Wildman–Crippen MR) is 67.4 cm³/mol. The third-order valence-corrected chi connectivity index (χ3v) is 3.38. The summed E-state index contributed by atoms with van der Waals surface area (Å²) in [7, 11) is 0. The van der Waals surface area contributed by atoms with Crippen molar-refractivity contribution in [2.45, 2.75) is 32.1 Å². The molecule has 1 rings (SSSR count). The molecule has 0 aliphatic heterocycles. The molecule has 0 bridgehead atoms. The van der Waals surface area contributed by atoms with Crippen molar-refractivity contribution >= 4 is 17.3 Å². The van der Waals surface area contributed by atoms with Crippen LogP contribution in [0.25, 0.3) is 0 Å². The van der Waals surface area contributed by atoms with Crippen molar-refractivity contribution < 1.29 is 14.8 Å². The normalized spacial score (nSPS) is 11.2. The molecule has 18 heavy (non-hydrogen) atoms. The predicted octanol–water partition coefficient (Wildman–Crippen LogP) is 2.32. The highest BCUT2D eigenvalue weighted by Gasteiger charge is 2.39. The summed E-state index contributed by atoms with van der Waals surface area (Å²) in [6.45, 7) is 3.46. The minimum Gasteiger partial charge on any atom is -0.481 e. The molecular formula is C12H16N2O4. The number of nitro benzene ring substituents is 1. The third kappa shape index (κ3) is 2.13. The van der Waals surface area contributed by atoms with Gasteiger partial charge in [-0.3, -0.25) is 14.9 Å². The first-order valence-electron chi connectivity index (χ1n) is 5.66. The molecule has 6 heteroatoms. The molecule has 0 aliphatic rings. The number of nitrogens with zero attached hydrogens (tertiary/aromatic N) is 1. The van der Waals surface area contributed by atoms with Crippen LogP contribution in [0.1, 0.15) is 32.3 Å². The Bertz CT molecular complexity index is 481. The van der Waals surface area contributed by atoms with Crippen molar-refractivity contribution in [3.05, 3.63) is 33.9 Å². The molecule has 0 amide bonds. The number of carboxylic acids is 1. The average Bonchev–Trinajstić information content (AvgIpc) is 2.32. The standard InChI is InChI=1S/C12H16N2O4/c1-3-12(4-2,11(15)16)9-7-8(14(17)18)5-6-10(9)13/h5-7H,3-4,13H2,1-2H3,(H,15,16). The van der Waals surface area contributed by atoms with Crippen molar-refractivity contribution in [3.63, 3.8) is 0 Å². The van der Waals surface area contributed by atoms with Crippen LogP contribution in [0.3, 0.4) is 0 Å². The fourth-order valence-corrected chi connectivity index (χ4v) is 2.12. The zero-order valence-electron chi connectivity index (χ0n) is 10.3. The van der Waals surface area contributed by atoms with E-state index in [1.165, 1.54) is 18.2 Å². The summed E-state index contributed by atoms with van der Waals surface area (Å²) >= 11 is 0. The fourth-order valence-electron chi connectivity index (χ4n) is 2.12. The Hall–Kier alpha value is -2.11. The molecule has 0 aromatic heterocycles. The van der Waals surface area contributed by atoms with Gasteiger partial charge in [0.2, 0.25) is 0 Å². The van der Waals surface area contributed by atoms with E-state index < -0.39 is 16.3 Å². The zero-order valence-corrected chi connectivity index (χ0v) is 10.3. The molecule has 0 fully saturated rings. The molecule has 3 N–H and O–H groups in total. The van der Waals surface area contributed by atoms with Crippen molar-refractivity contribution in [3.8, 4) is 0 Å². The second kappa shape index (κ2) is 5.03. The summed E-state index contributed by atoms with van der Waals surface area (Å²) in [5, 5.41) is 20.2. The molecule has 0 unspecified atom stereocenters. The van der Waals surface area contributed by atoms with Gasteiger partial charge < -0.3 is 10.8 Å². The van der Waals surface area contributed by atoms with Crippen molar-refractivity contribution in [2.75, 3.05) is 5.73 Å². The Balaban J connectivity index is 3.49. The Kier molecular flexibility index (Phi) is 3.90. The molecule has 0 aliphatic carbocycles. The van der Waals surface area contributed by atoms with Crippen LogP contribution in [-0.2, 0) is 10.2 Å². The van der Waals surface area contributed by atoms with E-state index >= 15 is 0 Å². The Morgan fingerprint density at radius 3 is 2.39 bits per heavy atom. The Morgan fingerprint density at radius 2 is 2.00 bits per heavy atom. The van der Waals surface area contributed by atoms with Gasteiger partial charge in [-0.15, -0.1) is 0 Å². The number of non-ortho nitro benzene ring substituents is 1. The van der Waals surface area contributed by atoms with Crippen molar-refractivity contribution in [1.82, 2.24) is 0 Å². The van der Waals surface area contributed by atoms with Crippen molar-refractivity contribution in [2.24, 2.45) is 0 Å². The van der Waals surface area contributed by atoms with Gasteiger partial charge in [0.15, 0.2) is 0 Å². The average molecular weight is 252 g/mol. The molecule has 0 radical (unpaired) electrons. The maximum atomic E-state index is 11.5. The molecule has 0 heterocycles. The molecule has 0 saturated carbocycles. The zero-order chi connectivity index (χ0) is 13.9. The smallest absolute Gasteiger partial charge is 0.314 e. The SMILES string of the molecule is CCC(CC)(C(=O)O)c1cc([N+](=O)[O-])ccc1N. The number of nitrogen functional groups attached to an aromatic ring is 1. The van der Waals surface area contributed by atoms with E-state index in [2.05, 4.69) is 0 Å². The summed E-state index contributed by atoms with van der Waals surface area (Å²) in [6, 6.07) is 3.92. The molecular weight excluding hydrogens is 236 g/mol. The highest BCUT2D eigenvalue weighted by Crippen LogP contribution is 2.37. The maximum Gasteiger partial charge on any atom is 0.314 e. The summed E-state index contributed by atoms with van der Waals surface area (Å²) in [5.41, 5.74) is 5.05. The van der Waals surface area contributed by atoms with Gasteiger partial charge in [-0.1, -0.05) is 13.8 Å². The molecule has 98 valence electrons. The molecule has 1 aromatic rings. The van der Waals surface area contributed by atoms with Gasteiger partial charge in [0.25, 0.3) is 5.69 Å². The van der Waals surface area contributed by atoms with Crippen LogP contribution >= 0.6 is 0 Å². The number of hydrogen-bond donors (Lipinski definition) is 2. The molecule has 1 aromatic carbocycles. The van der Waals surface area contributed by atoms with Gasteiger partial charge in [0.1, 0.15) is 0 Å². The Morgan fingerprint density at radius 1 is 1.44 bits per heavy atom. The van der Waals surface area contributed by atoms with Gasteiger partial charge in [-0.05, 0) is 24.5 Å². The second-order valence-electron chi connectivity index (χ2n) is 4.12. The van der Waals surface area contributed by atoms with Gasteiger partial charge in [0.05, 0.1) is 10.3 Å². The van der Waals surface area contributed by atoms with E-state index in [0.29, 0.717) is 18.4 Å². The lowest BCUT2D eigenvalue weighted by Gasteiger charge is -2.28. The number of carboxylic acid groups (broad SMARTS) is 1. The number of hydrogen-bond acceptors (Lipinski definition) is 4. The minimum atomic E-state index is -1.17. The van der Waals surface area contributed by atoms with Crippen LogP contribution < -0.4 is 5.73 Å². The lowest BCUT2D eigenvalue weighted by Crippen LogP contribution is -2.35. The number of anilines is 1. The second-order valence-corrected chi connectivity index (χ2v) is 4.12. The summed E-state index contributed by atoms with van der Waals surface area (Å²) in [6.07, 6.45) is 0.647. The van der Waals surface area contributed by atoms with Crippen molar-refractivity contribution in [1.29, 1.82) is 0 Å². The molecule has 0 saturated heterocycles. The van der Waals surface area contributed by atoms with Gasteiger partial charge >= 0.3 is 5.97 Å². The van der Waals surface area contributed by atoms with Crippen LogP contribution in [0.15, 0.2) is 18.2 Å². The number of benzene rings is 1. The molecule has 6 nitrogen and oxygen atoms in total. The monoisotopic (exact) mass is 252 g/mol. The van der Waals surface area contributed by atoms with Gasteiger partial charge in [-0.25, -0.2) is 0 Å². The van der Waals surface area contributed by atoms with E-state index in [0.717, 1.165) is 0 Å². The van der Waals surface area contributed by atoms with E-state index in [4.69, 9.17) is 5.73 Å². The quantitative estimate of drug-likeness (QED) is 0.475. The number of nitrogens with two attached hydrogens (primary N) is 1. The number of nitro groups is 1. The van der Waals surface area contributed by atoms with E-state index in [1.54, 1.807) is 13.8 Å². The summed E-state index contributed by atoms with van der Waals surface area (Å²) in [5.74, 6) is -1.01. The fraction of sp³-hybridized carbons (Fsp3) is 0.417. The van der Waals surface area contributed by atoms with Crippen LogP contribution in [0, 0.1) is 10.1 Å². The number of aliphatic carboxylic acids is 1. The highest BCUT2D eigenvalue weighted by atomic mass is 16.6. The lowest BCUT2D eigenvalue weighted by molar-refractivity contribution is -0.384. The maximum absolute atomic E-state index is 11.5. The third-order valence-electron chi connectivity index (χ3n) is 3.38. The first kappa shape index (κ1) is 14.0. The van der Waals surface area contributed by atoms with Crippen LogP contribution in [0.5, 0.6) is 0 Å². The molecule has 0 atom stereocenters. The van der Waals surface area contributed by atoms with Crippen LogP contribution in [-0.4, -0.2) is 16.0 Å². The first-order chi connectivity index (χ1) is 8.39. The van der Waals surface area contributed by atoms with E-state index in [-0.39, 0.29) is 11.4 Å². The van der Waals surface area contributed by atoms with E-state index in [9.17, 15) is 20.0 Å². The highest BCUT2D eigenvalue weighted by molar-refractivity contribution is 5.84. The first-order valence-corrected chi connectivity index (χ1v) is 5.66. The van der Waals surface area contributed by atoms with Gasteiger partial charge in [-0.2, -0.15) is 0 Å². The van der Waals surface area contributed by atoms with E-state index in [1.807, 2.05) is 0 Å².